The number of halogens is 1. The van der Waals surface area contributed by atoms with Crippen molar-refractivity contribution in [2.24, 2.45) is 7.05 Å². The van der Waals surface area contributed by atoms with E-state index in [1.165, 1.54) is 11.8 Å². The number of ether oxygens (including phenoxy) is 1. The lowest BCUT2D eigenvalue weighted by molar-refractivity contribution is 0.417. The highest BCUT2D eigenvalue weighted by atomic mass is 35.5. The molecule has 4 rings (SSSR count). The molecule has 0 amide bonds. The van der Waals surface area contributed by atoms with Gasteiger partial charge in [-0.3, -0.25) is 0 Å². The zero-order chi connectivity index (χ0) is 21.8. The molecule has 0 saturated heterocycles. The molecule has 0 aliphatic carbocycles. The van der Waals surface area contributed by atoms with Crippen molar-refractivity contribution in [1.82, 2.24) is 29.7 Å². The summed E-state index contributed by atoms with van der Waals surface area (Å²) in [5, 5.41) is 13.1. The molecule has 9 nitrogen and oxygen atoms in total. The van der Waals surface area contributed by atoms with Gasteiger partial charge in [0.15, 0.2) is 11.0 Å². The van der Waals surface area contributed by atoms with E-state index in [1.807, 2.05) is 60.1 Å². The Hall–Kier alpha value is -3.37. The maximum atomic E-state index is 5.97. The summed E-state index contributed by atoms with van der Waals surface area (Å²) in [6, 6.07) is 14.9. The SMILES string of the molecule is COc1ccccc1Nc1nc(N)nc(CSc2nnc(-c3ccc(Cl)cc3)n2C)n1. The van der Waals surface area contributed by atoms with Gasteiger partial charge in [0.2, 0.25) is 11.9 Å². The topological polar surface area (TPSA) is 117 Å². The van der Waals surface area contributed by atoms with Crippen molar-refractivity contribution in [3.8, 4) is 17.1 Å². The Bertz CT molecular complexity index is 1200. The first-order valence-corrected chi connectivity index (χ1v) is 10.6. The Labute approximate surface area is 188 Å². The lowest BCUT2D eigenvalue weighted by Gasteiger charge is -2.10. The molecule has 11 heteroatoms. The number of para-hydroxylation sites is 2. The Morgan fingerprint density at radius 3 is 2.61 bits per heavy atom. The summed E-state index contributed by atoms with van der Waals surface area (Å²) < 4.78 is 7.26. The maximum Gasteiger partial charge on any atom is 0.232 e. The minimum Gasteiger partial charge on any atom is -0.495 e. The lowest BCUT2D eigenvalue weighted by Crippen LogP contribution is -2.07. The van der Waals surface area contributed by atoms with Crippen LogP contribution in [0.15, 0.2) is 53.7 Å². The van der Waals surface area contributed by atoms with Gasteiger partial charge in [0.1, 0.15) is 11.6 Å². The first-order chi connectivity index (χ1) is 15.0. The van der Waals surface area contributed by atoms with Crippen molar-refractivity contribution >= 4 is 40.9 Å². The predicted octanol–water partition coefficient (Wildman–Crippen LogP) is 3.95. The van der Waals surface area contributed by atoms with E-state index >= 15 is 0 Å². The third kappa shape index (κ3) is 4.86. The van der Waals surface area contributed by atoms with Crippen LogP contribution in [0.2, 0.25) is 5.02 Å². The second-order valence-corrected chi connectivity index (χ2v) is 7.80. The highest BCUT2D eigenvalue weighted by Crippen LogP contribution is 2.27. The Kier molecular flexibility index (Phi) is 6.19. The number of methoxy groups -OCH3 is 1. The fraction of sp³-hybridized carbons (Fsp3) is 0.150. The van der Waals surface area contributed by atoms with Crippen LogP contribution < -0.4 is 15.8 Å². The van der Waals surface area contributed by atoms with Crippen molar-refractivity contribution in [1.29, 1.82) is 0 Å². The first-order valence-electron chi connectivity index (χ1n) is 9.22. The fourth-order valence-electron chi connectivity index (χ4n) is 2.85. The molecule has 0 atom stereocenters. The molecule has 2 aromatic heterocycles. The molecule has 0 bridgehead atoms. The predicted molar refractivity (Wildman–Crippen MR) is 122 cm³/mol. The molecular formula is C20H19ClN8OS. The number of benzene rings is 2. The summed E-state index contributed by atoms with van der Waals surface area (Å²) in [5.74, 6) is 2.85. The molecule has 3 N–H and O–H groups in total. The highest BCUT2D eigenvalue weighted by molar-refractivity contribution is 7.98. The van der Waals surface area contributed by atoms with Gasteiger partial charge >= 0.3 is 0 Å². The Balaban J connectivity index is 1.50. The molecule has 4 aromatic rings. The molecule has 31 heavy (non-hydrogen) atoms. The number of nitrogens with zero attached hydrogens (tertiary/aromatic N) is 6. The number of rotatable bonds is 7. The smallest absolute Gasteiger partial charge is 0.232 e. The van der Waals surface area contributed by atoms with Crippen molar-refractivity contribution in [3.05, 3.63) is 59.4 Å². The summed E-state index contributed by atoms with van der Waals surface area (Å²) in [6.07, 6.45) is 0. The summed E-state index contributed by atoms with van der Waals surface area (Å²) in [4.78, 5) is 12.9. The number of nitrogens with two attached hydrogens (primary N) is 1. The standard InChI is InChI=1S/C20H19ClN8OS/c1-29-17(12-7-9-13(21)10-8-12)27-28-20(29)31-11-16-24-18(22)26-19(25-16)23-14-5-3-4-6-15(14)30-2/h3-10H,11H2,1-2H3,(H3,22,23,24,25,26). The molecule has 158 valence electrons. The Morgan fingerprint density at radius 1 is 1.06 bits per heavy atom. The number of hydrogen-bond acceptors (Lipinski definition) is 9. The molecule has 0 spiro atoms. The first kappa shape index (κ1) is 20.9. The van der Waals surface area contributed by atoms with Crippen LogP contribution >= 0.6 is 23.4 Å². The third-order valence-electron chi connectivity index (χ3n) is 4.32. The summed E-state index contributed by atoms with van der Waals surface area (Å²) >= 11 is 7.42. The van der Waals surface area contributed by atoms with E-state index in [0.717, 1.165) is 22.2 Å². The number of aromatic nitrogens is 6. The molecule has 2 aromatic carbocycles. The van der Waals surface area contributed by atoms with Gasteiger partial charge in [0.25, 0.3) is 0 Å². The van der Waals surface area contributed by atoms with Gasteiger partial charge in [-0.25, -0.2) is 0 Å². The summed E-state index contributed by atoms with van der Waals surface area (Å²) in [7, 11) is 3.51. The van der Waals surface area contributed by atoms with Gasteiger partial charge in [0.05, 0.1) is 18.6 Å². The van der Waals surface area contributed by atoms with E-state index in [9.17, 15) is 0 Å². The van der Waals surface area contributed by atoms with Crippen LogP contribution in [0.3, 0.4) is 0 Å². The van der Waals surface area contributed by atoms with E-state index in [0.29, 0.717) is 28.3 Å². The van der Waals surface area contributed by atoms with E-state index < -0.39 is 0 Å². The monoisotopic (exact) mass is 454 g/mol. The zero-order valence-electron chi connectivity index (χ0n) is 16.8. The number of hydrogen-bond donors (Lipinski definition) is 2. The van der Waals surface area contributed by atoms with E-state index in [1.54, 1.807) is 7.11 Å². The van der Waals surface area contributed by atoms with Crippen LogP contribution in [-0.4, -0.2) is 36.8 Å². The number of anilines is 3. The fourth-order valence-corrected chi connectivity index (χ4v) is 3.74. The second kappa shape index (κ2) is 9.19. The minimum atomic E-state index is 0.128. The lowest BCUT2D eigenvalue weighted by atomic mass is 10.2. The van der Waals surface area contributed by atoms with Gasteiger partial charge in [-0.2, -0.15) is 15.0 Å². The van der Waals surface area contributed by atoms with Crippen LogP contribution in [0.25, 0.3) is 11.4 Å². The van der Waals surface area contributed by atoms with Crippen molar-refractivity contribution in [3.63, 3.8) is 0 Å². The maximum absolute atomic E-state index is 5.97. The van der Waals surface area contributed by atoms with Crippen LogP contribution in [0.1, 0.15) is 5.82 Å². The normalized spacial score (nSPS) is 10.8. The van der Waals surface area contributed by atoms with E-state index in [2.05, 4.69) is 30.5 Å². The van der Waals surface area contributed by atoms with Crippen molar-refractivity contribution in [2.45, 2.75) is 10.9 Å². The van der Waals surface area contributed by atoms with Crippen LogP contribution in [-0.2, 0) is 12.8 Å². The average Bonchev–Trinajstić information content (AvgIpc) is 3.13. The minimum absolute atomic E-state index is 0.128. The summed E-state index contributed by atoms with van der Waals surface area (Å²) in [6.45, 7) is 0. The molecular weight excluding hydrogens is 436 g/mol. The molecule has 0 unspecified atom stereocenters. The highest BCUT2D eigenvalue weighted by Gasteiger charge is 2.13. The van der Waals surface area contributed by atoms with Crippen molar-refractivity contribution in [2.75, 3.05) is 18.2 Å². The van der Waals surface area contributed by atoms with Gasteiger partial charge < -0.3 is 20.4 Å². The zero-order valence-corrected chi connectivity index (χ0v) is 18.4. The quantitative estimate of drug-likeness (QED) is 0.400. The molecule has 0 aliphatic rings. The van der Waals surface area contributed by atoms with Crippen LogP contribution in [0.4, 0.5) is 17.6 Å². The molecule has 0 aliphatic heterocycles. The molecule has 0 fully saturated rings. The molecule has 2 heterocycles. The number of nitrogen functional groups attached to an aromatic ring is 1. The van der Waals surface area contributed by atoms with Crippen molar-refractivity contribution < 1.29 is 4.74 Å². The summed E-state index contributed by atoms with van der Waals surface area (Å²) in [5.41, 5.74) is 7.55. The third-order valence-corrected chi connectivity index (χ3v) is 5.59. The van der Waals surface area contributed by atoms with Gasteiger partial charge in [-0.05, 0) is 36.4 Å². The van der Waals surface area contributed by atoms with E-state index in [4.69, 9.17) is 22.1 Å². The Morgan fingerprint density at radius 2 is 1.84 bits per heavy atom. The number of thioether (sulfide) groups is 1. The van der Waals surface area contributed by atoms with E-state index in [-0.39, 0.29) is 5.95 Å². The van der Waals surface area contributed by atoms with Gasteiger partial charge in [-0.15, -0.1) is 10.2 Å². The molecule has 0 saturated carbocycles. The average molecular weight is 455 g/mol. The largest absolute Gasteiger partial charge is 0.495 e. The number of nitrogens with one attached hydrogen (secondary N) is 1. The second-order valence-electron chi connectivity index (χ2n) is 6.42. The molecule has 0 radical (unpaired) electrons. The van der Waals surface area contributed by atoms with Gasteiger partial charge in [-0.1, -0.05) is 35.5 Å². The van der Waals surface area contributed by atoms with Gasteiger partial charge in [0, 0.05) is 17.6 Å². The van der Waals surface area contributed by atoms with Crippen LogP contribution in [0, 0.1) is 0 Å². The van der Waals surface area contributed by atoms with Crippen LogP contribution in [0.5, 0.6) is 5.75 Å².